The van der Waals surface area contributed by atoms with Crippen molar-refractivity contribution >= 4 is 11.4 Å². The minimum atomic E-state index is -0.426. The number of nitro benzene ring substituents is 1. The molecule has 0 aliphatic carbocycles. The molecule has 1 aromatic carbocycles. The smallest absolute Gasteiger partial charge is 0.293 e. The Morgan fingerprint density at radius 1 is 1.50 bits per heavy atom. The Morgan fingerprint density at radius 2 is 2.17 bits per heavy atom. The van der Waals surface area contributed by atoms with Gasteiger partial charge in [0.15, 0.2) is 0 Å². The average Bonchev–Trinajstić information content (AvgIpc) is 2.35. The molecule has 6 nitrogen and oxygen atoms in total. The number of hydrogen-bond acceptors (Lipinski definition) is 5. The molecule has 0 aliphatic rings. The second-order valence-corrected chi connectivity index (χ2v) is 4.41. The number of rotatable bonds is 6. The third kappa shape index (κ3) is 3.41. The van der Waals surface area contributed by atoms with Crippen LogP contribution in [0.4, 0.5) is 11.4 Å². The van der Waals surface area contributed by atoms with E-state index >= 15 is 0 Å². The Kier molecular flexibility index (Phi) is 5.06. The van der Waals surface area contributed by atoms with Crippen LogP contribution in [0.25, 0.3) is 0 Å². The van der Waals surface area contributed by atoms with E-state index in [2.05, 4.69) is 31.1 Å². The van der Waals surface area contributed by atoms with Gasteiger partial charge in [0.25, 0.3) is 5.69 Å². The summed E-state index contributed by atoms with van der Waals surface area (Å²) in [5, 5.41) is 10.9. The Labute approximate surface area is 107 Å². The normalized spacial score (nSPS) is 11.0. The average molecular weight is 252 g/mol. The number of nitro groups is 1. The number of hydrazine groups is 1. The molecule has 18 heavy (non-hydrogen) atoms. The second kappa shape index (κ2) is 6.32. The SMILES string of the molecule is CCN(Cc1ccc(NN)c([N+](=O)[O-])c1)C(C)C. The molecule has 0 radical (unpaired) electrons. The number of nitrogens with zero attached hydrogens (tertiary/aromatic N) is 2. The van der Waals surface area contributed by atoms with Crippen LogP contribution in [0.3, 0.4) is 0 Å². The van der Waals surface area contributed by atoms with Crippen LogP contribution in [0.5, 0.6) is 0 Å². The molecule has 1 rings (SSSR count). The van der Waals surface area contributed by atoms with Crippen LogP contribution in [-0.2, 0) is 6.54 Å². The van der Waals surface area contributed by atoms with Gasteiger partial charge in [-0.2, -0.15) is 0 Å². The fraction of sp³-hybridized carbons (Fsp3) is 0.500. The van der Waals surface area contributed by atoms with E-state index in [0.29, 0.717) is 18.3 Å². The predicted molar refractivity (Wildman–Crippen MR) is 72.1 cm³/mol. The lowest BCUT2D eigenvalue weighted by Gasteiger charge is -2.24. The molecular weight excluding hydrogens is 232 g/mol. The summed E-state index contributed by atoms with van der Waals surface area (Å²) in [5.74, 6) is 5.25. The number of nitrogens with one attached hydrogen (secondary N) is 1. The van der Waals surface area contributed by atoms with Crippen LogP contribution in [-0.4, -0.2) is 22.4 Å². The maximum absolute atomic E-state index is 10.9. The van der Waals surface area contributed by atoms with Crippen molar-refractivity contribution in [2.45, 2.75) is 33.4 Å². The summed E-state index contributed by atoms with van der Waals surface area (Å²) in [6, 6.07) is 5.47. The van der Waals surface area contributed by atoms with Gasteiger partial charge in [-0.3, -0.25) is 20.9 Å². The van der Waals surface area contributed by atoms with E-state index in [4.69, 9.17) is 5.84 Å². The van der Waals surface area contributed by atoms with Gasteiger partial charge in [0.1, 0.15) is 5.69 Å². The maximum atomic E-state index is 10.9. The topological polar surface area (TPSA) is 84.4 Å². The zero-order valence-corrected chi connectivity index (χ0v) is 11.0. The van der Waals surface area contributed by atoms with Gasteiger partial charge in [-0.25, -0.2) is 0 Å². The lowest BCUT2D eigenvalue weighted by Crippen LogP contribution is -2.29. The van der Waals surface area contributed by atoms with Crippen LogP contribution < -0.4 is 11.3 Å². The Hall–Kier alpha value is -1.66. The van der Waals surface area contributed by atoms with Crippen molar-refractivity contribution in [2.24, 2.45) is 5.84 Å². The van der Waals surface area contributed by atoms with E-state index in [1.165, 1.54) is 0 Å². The van der Waals surface area contributed by atoms with Gasteiger partial charge in [-0.05, 0) is 32.0 Å². The van der Waals surface area contributed by atoms with Gasteiger partial charge >= 0.3 is 0 Å². The molecular formula is C12H20N4O2. The molecule has 0 unspecified atom stereocenters. The maximum Gasteiger partial charge on any atom is 0.293 e. The summed E-state index contributed by atoms with van der Waals surface area (Å²) in [5.41, 5.74) is 3.59. The first-order valence-corrected chi connectivity index (χ1v) is 5.97. The molecule has 0 saturated heterocycles. The van der Waals surface area contributed by atoms with Crippen LogP contribution >= 0.6 is 0 Å². The summed E-state index contributed by atoms with van der Waals surface area (Å²) < 4.78 is 0. The molecule has 3 N–H and O–H groups in total. The first-order valence-electron chi connectivity index (χ1n) is 5.97. The lowest BCUT2D eigenvalue weighted by molar-refractivity contribution is -0.384. The molecule has 1 aromatic rings. The van der Waals surface area contributed by atoms with Crippen LogP contribution in [0.15, 0.2) is 18.2 Å². The largest absolute Gasteiger partial charge is 0.318 e. The molecule has 0 saturated carbocycles. The van der Waals surface area contributed by atoms with Gasteiger partial charge in [-0.1, -0.05) is 13.0 Å². The van der Waals surface area contributed by atoms with Crippen molar-refractivity contribution in [3.63, 3.8) is 0 Å². The van der Waals surface area contributed by atoms with Gasteiger partial charge in [-0.15, -0.1) is 0 Å². The highest BCUT2D eigenvalue weighted by Crippen LogP contribution is 2.25. The van der Waals surface area contributed by atoms with Crippen molar-refractivity contribution in [3.05, 3.63) is 33.9 Å². The highest BCUT2D eigenvalue weighted by atomic mass is 16.6. The van der Waals surface area contributed by atoms with Gasteiger partial charge in [0.2, 0.25) is 0 Å². The summed E-state index contributed by atoms with van der Waals surface area (Å²) in [4.78, 5) is 12.7. The molecule has 0 fully saturated rings. The zero-order valence-electron chi connectivity index (χ0n) is 11.0. The fourth-order valence-electron chi connectivity index (χ4n) is 1.84. The third-order valence-corrected chi connectivity index (χ3v) is 2.94. The molecule has 0 amide bonds. The molecule has 0 aliphatic heterocycles. The molecule has 6 heteroatoms. The van der Waals surface area contributed by atoms with Crippen LogP contribution in [0.1, 0.15) is 26.3 Å². The molecule has 0 heterocycles. The molecule has 0 aromatic heterocycles. The van der Waals surface area contributed by atoms with Gasteiger partial charge in [0, 0.05) is 18.7 Å². The highest BCUT2D eigenvalue weighted by molar-refractivity contribution is 5.61. The molecule has 0 atom stereocenters. The Bertz CT molecular complexity index is 421. The number of nitrogen functional groups attached to an aromatic ring is 1. The van der Waals surface area contributed by atoms with E-state index in [0.717, 1.165) is 12.1 Å². The Morgan fingerprint density at radius 3 is 2.61 bits per heavy atom. The summed E-state index contributed by atoms with van der Waals surface area (Å²) >= 11 is 0. The summed E-state index contributed by atoms with van der Waals surface area (Å²) in [6.45, 7) is 7.88. The zero-order chi connectivity index (χ0) is 13.7. The standard InChI is InChI=1S/C12H20N4O2/c1-4-15(9(2)3)8-10-5-6-11(14-13)12(7-10)16(17)18/h5-7,9,14H,4,8,13H2,1-3H3. The van der Waals surface area contributed by atoms with E-state index in [1.807, 2.05) is 6.07 Å². The van der Waals surface area contributed by atoms with Crippen LogP contribution in [0.2, 0.25) is 0 Å². The summed E-state index contributed by atoms with van der Waals surface area (Å²) in [6.07, 6.45) is 0. The third-order valence-electron chi connectivity index (χ3n) is 2.94. The van der Waals surface area contributed by atoms with Crippen molar-refractivity contribution in [1.29, 1.82) is 0 Å². The molecule has 100 valence electrons. The van der Waals surface area contributed by atoms with E-state index in [-0.39, 0.29) is 5.69 Å². The van der Waals surface area contributed by atoms with Crippen molar-refractivity contribution in [3.8, 4) is 0 Å². The van der Waals surface area contributed by atoms with E-state index in [1.54, 1.807) is 12.1 Å². The quantitative estimate of drug-likeness (QED) is 0.460. The summed E-state index contributed by atoms with van der Waals surface area (Å²) in [7, 11) is 0. The van der Waals surface area contributed by atoms with Crippen LogP contribution in [0, 0.1) is 10.1 Å². The minimum absolute atomic E-state index is 0.00908. The van der Waals surface area contributed by atoms with Gasteiger partial charge < -0.3 is 5.43 Å². The predicted octanol–water partition coefficient (Wildman–Crippen LogP) is 2.11. The lowest BCUT2D eigenvalue weighted by atomic mass is 10.1. The number of benzene rings is 1. The Balaban J connectivity index is 2.97. The van der Waals surface area contributed by atoms with Crippen molar-refractivity contribution < 1.29 is 4.92 Å². The molecule has 0 spiro atoms. The first-order chi connectivity index (χ1) is 8.49. The monoisotopic (exact) mass is 252 g/mol. The van der Waals surface area contributed by atoms with Crippen molar-refractivity contribution in [2.75, 3.05) is 12.0 Å². The van der Waals surface area contributed by atoms with E-state index < -0.39 is 4.92 Å². The number of anilines is 1. The van der Waals surface area contributed by atoms with Gasteiger partial charge in [0.05, 0.1) is 4.92 Å². The highest BCUT2D eigenvalue weighted by Gasteiger charge is 2.15. The second-order valence-electron chi connectivity index (χ2n) is 4.41. The van der Waals surface area contributed by atoms with Crippen molar-refractivity contribution in [1.82, 2.24) is 4.90 Å². The first kappa shape index (κ1) is 14.4. The molecule has 0 bridgehead atoms. The van der Waals surface area contributed by atoms with E-state index in [9.17, 15) is 10.1 Å². The minimum Gasteiger partial charge on any atom is -0.318 e. The number of hydrogen-bond donors (Lipinski definition) is 2. The number of nitrogens with two attached hydrogens (primary N) is 1. The fourth-order valence-corrected chi connectivity index (χ4v) is 1.84.